The molecule has 2 bridgehead atoms. The summed E-state index contributed by atoms with van der Waals surface area (Å²) in [5.74, 6) is 3.48. The summed E-state index contributed by atoms with van der Waals surface area (Å²) < 4.78 is 0. The smallest absolute Gasteiger partial charge is 0.130 e. The fourth-order valence-electron chi connectivity index (χ4n) is 9.12. The molecule has 2 heterocycles. The van der Waals surface area contributed by atoms with Crippen LogP contribution in [0.25, 0.3) is 0 Å². The van der Waals surface area contributed by atoms with Crippen molar-refractivity contribution in [3.63, 3.8) is 0 Å². The van der Waals surface area contributed by atoms with E-state index in [1.54, 1.807) is 0 Å². The fourth-order valence-corrected chi connectivity index (χ4v) is 9.12. The minimum absolute atomic E-state index is 0.0848. The molecule has 4 fully saturated rings. The first kappa shape index (κ1) is 21.5. The van der Waals surface area contributed by atoms with Gasteiger partial charge < -0.3 is 5.11 Å². The Bertz CT molecular complexity index is 702. The van der Waals surface area contributed by atoms with E-state index in [2.05, 4.69) is 46.8 Å². The number of aliphatic hydroxyl groups excluding tert-OH is 1. The molecule has 9 atom stereocenters. The van der Waals surface area contributed by atoms with Crippen LogP contribution in [0.5, 0.6) is 0 Å². The third-order valence-electron chi connectivity index (χ3n) is 10.8. The van der Waals surface area contributed by atoms with Crippen LogP contribution in [-0.2, 0) is 9.78 Å². The molecule has 0 amide bonds. The molecule has 0 aromatic heterocycles. The van der Waals surface area contributed by atoms with Crippen molar-refractivity contribution in [3.05, 3.63) is 12.2 Å². The van der Waals surface area contributed by atoms with E-state index in [1.807, 2.05) is 0 Å². The zero-order valence-corrected chi connectivity index (χ0v) is 20.0. The maximum absolute atomic E-state index is 10.4. The maximum Gasteiger partial charge on any atom is 0.130 e. The third-order valence-corrected chi connectivity index (χ3v) is 10.8. The molecule has 0 aromatic rings. The molecular formula is C27H44O3. The van der Waals surface area contributed by atoms with Gasteiger partial charge in [0.1, 0.15) is 11.2 Å². The van der Waals surface area contributed by atoms with Crippen LogP contribution in [0, 0.1) is 40.4 Å². The van der Waals surface area contributed by atoms with Crippen molar-refractivity contribution in [2.24, 2.45) is 40.4 Å². The van der Waals surface area contributed by atoms with Crippen LogP contribution in [0.3, 0.4) is 0 Å². The predicted molar refractivity (Wildman–Crippen MR) is 120 cm³/mol. The Kier molecular flexibility index (Phi) is 5.05. The van der Waals surface area contributed by atoms with Gasteiger partial charge in [0.05, 0.1) is 6.10 Å². The summed E-state index contributed by atoms with van der Waals surface area (Å²) in [6.07, 6.45) is 16.4. The lowest BCUT2D eigenvalue weighted by Gasteiger charge is -2.69. The van der Waals surface area contributed by atoms with E-state index in [9.17, 15) is 5.11 Å². The number of fused-ring (bicyclic) bond motifs is 2. The van der Waals surface area contributed by atoms with E-state index in [1.165, 1.54) is 44.9 Å². The van der Waals surface area contributed by atoms with E-state index in [0.717, 1.165) is 30.6 Å². The first-order chi connectivity index (χ1) is 14.2. The largest absolute Gasteiger partial charge is 0.393 e. The van der Waals surface area contributed by atoms with Gasteiger partial charge in [-0.15, -0.1) is 0 Å². The van der Waals surface area contributed by atoms with E-state index >= 15 is 0 Å². The summed E-state index contributed by atoms with van der Waals surface area (Å²) in [4.78, 5) is 12.8. The molecule has 0 radical (unpaired) electrons. The standard InChI is InChI=1S/C27H44O3/c1-18(2)7-6-8-19(3)21-9-10-22-24(21,4)13-12-23-25(5)14-11-20(28)17-26(25)15-16-27(22,23)30-29-26/h15-16,18-23,28H,6-14,17H2,1-5H3/t19-,20+,21-,22-,23?,24-,25-,26?,27?/m1/s1. The average molecular weight is 417 g/mol. The topological polar surface area (TPSA) is 38.7 Å². The summed E-state index contributed by atoms with van der Waals surface area (Å²) in [6.45, 7) is 12.2. The van der Waals surface area contributed by atoms with Crippen LogP contribution >= 0.6 is 0 Å². The van der Waals surface area contributed by atoms with Crippen LogP contribution in [0.4, 0.5) is 0 Å². The molecule has 0 aromatic carbocycles. The van der Waals surface area contributed by atoms with E-state index in [4.69, 9.17) is 9.78 Å². The zero-order valence-electron chi connectivity index (χ0n) is 20.0. The van der Waals surface area contributed by atoms with Gasteiger partial charge in [-0.3, -0.25) is 0 Å². The number of hydrogen-bond acceptors (Lipinski definition) is 3. The first-order valence-electron chi connectivity index (χ1n) is 12.9. The summed E-state index contributed by atoms with van der Waals surface area (Å²) in [5.41, 5.74) is -0.240. The Labute approximate surface area is 183 Å². The van der Waals surface area contributed by atoms with Crippen molar-refractivity contribution >= 4 is 0 Å². The van der Waals surface area contributed by atoms with Crippen molar-refractivity contribution in [2.75, 3.05) is 0 Å². The highest BCUT2D eigenvalue weighted by molar-refractivity contribution is 5.33. The lowest BCUT2D eigenvalue weighted by Crippen LogP contribution is -2.73. The van der Waals surface area contributed by atoms with Crippen molar-refractivity contribution in [3.8, 4) is 0 Å². The quantitative estimate of drug-likeness (QED) is 0.413. The van der Waals surface area contributed by atoms with Crippen molar-refractivity contribution in [1.82, 2.24) is 0 Å². The van der Waals surface area contributed by atoms with E-state index in [-0.39, 0.29) is 17.1 Å². The van der Waals surface area contributed by atoms with Crippen molar-refractivity contribution < 1.29 is 14.9 Å². The molecule has 1 N–H and O–H groups in total. The Hall–Kier alpha value is -0.380. The molecular weight excluding hydrogens is 372 g/mol. The highest BCUT2D eigenvalue weighted by atomic mass is 17.2. The second kappa shape index (κ2) is 7.06. The molecule has 3 heteroatoms. The van der Waals surface area contributed by atoms with Gasteiger partial charge >= 0.3 is 0 Å². The molecule has 3 unspecified atom stereocenters. The number of hydrogen-bond donors (Lipinski definition) is 1. The highest BCUT2D eigenvalue weighted by Crippen LogP contribution is 2.72. The highest BCUT2D eigenvalue weighted by Gasteiger charge is 2.74. The molecule has 6 rings (SSSR count). The molecule has 3 saturated carbocycles. The molecule has 6 aliphatic rings. The minimum atomic E-state index is -0.424. The summed E-state index contributed by atoms with van der Waals surface area (Å²) in [5, 5.41) is 10.4. The summed E-state index contributed by atoms with van der Waals surface area (Å²) >= 11 is 0. The molecule has 30 heavy (non-hydrogen) atoms. The SMILES string of the molecule is CC(C)CCC[C@@H](C)[C@H]1CC[C@H]2C34C=CC5(C[C@@H](O)CC[C@]5(C)C3CC[C@]12C)OO4. The van der Waals surface area contributed by atoms with Crippen LogP contribution in [0.15, 0.2) is 12.2 Å². The Morgan fingerprint density at radius 2 is 1.73 bits per heavy atom. The third kappa shape index (κ3) is 2.73. The van der Waals surface area contributed by atoms with Gasteiger partial charge in [-0.05, 0) is 67.8 Å². The van der Waals surface area contributed by atoms with Crippen LogP contribution in [-0.4, -0.2) is 22.4 Å². The van der Waals surface area contributed by atoms with Crippen molar-refractivity contribution in [2.45, 2.75) is 116 Å². The van der Waals surface area contributed by atoms with Gasteiger partial charge in [-0.2, -0.15) is 0 Å². The lowest BCUT2D eigenvalue weighted by atomic mass is 9.42. The van der Waals surface area contributed by atoms with Crippen LogP contribution < -0.4 is 0 Å². The summed E-state index contributed by atoms with van der Waals surface area (Å²) in [6, 6.07) is 0. The van der Waals surface area contributed by atoms with Gasteiger partial charge in [0.15, 0.2) is 0 Å². The second-order valence-corrected chi connectivity index (χ2v) is 12.7. The number of aliphatic hydroxyl groups is 1. The fraction of sp³-hybridized carbons (Fsp3) is 0.926. The normalized spacial score (nSPS) is 52.8. The zero-order chi connectivity index (χ0) is 21.4. The van der Waals surface area contributed by atoms with E-state index < -0.39 is 5.60 Å². The lowest BCUT2D eigenvalue weighted by molar-refractivity contribution is -0.497. The predicted octanol–water partition coefficient (Wildman–Crippen LogP) is 6.45. The second-order valence-electron chi connectivity index (χ2n) is 12.7. The Morgan fingerprint density at radius 1 is 0.933 bits per heavy atom. The molecule has 1 saturated heterocycles. The summed E-state index contributed by atoms with van der Waals surface area (Å²) in [7, 11) is 0. The van der Waals surface area contributed by atoms with Crippen molar-refractivity contribution in [1.29, 1.82) is 0 Å². The molecule has 170 valence electrons. The van der Waals surface area contributed by atoms with Gasteiger partial charge in [-0.1, -0.05) is 60.0 Å². The Balaban J connectivity index is 1.42. The van der Waals surface area contributed by atoms with Crippen LogP contribution in [0.1, 0.15) is 98.8 Å². The molecule has 3 nitrogen and oxygen atoms in total. The molecule has 4 aliphatic carbocycles. The van der Waals surface area contributed by atoms with Gasteiger partial charge in [0.25, 0.3) is 0 Å². The van der Waals surface area contributed by atoms with Gasteiger partial charge in [0.2, 0.25) is 0 Å². The monoisotopic (exact) mass is 416 g/mol. The first-order valence-corrected chi connectivity index (χ1v) is 12.9. The van der Waals surface area contributed by atoms with Crippen LogP contribution in [0.2, 0.25) is 0 Å². The molecule has 2 aliphatic heterocycles. The van der Waals surface area contributed by atoms with E-state index in [0.29, 0.717) is 23.7 Å². The average Bonchev–Trinajstić information content (AvgIpc) is 3.05. The maximum atomic E-state index is 10.4. The Morgan fingerprint density at radius 3 is 2.43 bits per heavy atom. The minimum Gasteiger partial charge on any atom is -0.393 e. The van der Waals surface area contributed by atoms with Gasteiger partial charge in [-0.25, -0.2) is 9.78 Å². The van der Waals surface area contributed by atoms with Gasteiger partial charge in [0, 0.05) is 23.7 Å². The molecule has 2 spiro atoms. The number of rotatable bonds is 5.